The van der Waals surface area contributed by atoms with Gasteiger partial charge in [0.1, 0.15) is 18.0 Å². The molecular weight excluding hydrogens is 549 g/mol. The maximum Gasteiger partial charge on any atom is 0.416 e. The van der Waals surface area contributed by atoms with Crippen molar-refractivity contribution in [2.45, 2.75) is 20.0 Å². The summed E-state index contributed by atoms with van der Waals surface area (Å²) in [5.41, 5.74) is 1.30. The van der Waals surface area contributed by atoms with Gasteiger partial charge in [0.25, 0.3) is 5.91 Å². The largest absolute Gasteiger partial charge is 0.416 e. The molecule has 0 atom stereocenters. The van der Waals surface area contributed by atoms with Crippen molar-refractivity contribution in [2.75, 3.05) is 61.1 Å². The number of anilines is 5. The zero-order valence-electron chi connectivity index (χ0n) is 23.6. The smallest absolute Gasteiger partial charge is 0.373 e. The minimum atomic E-state index is -4.56. The van der Waals surface area contributed by atoms with Crippen LogP contribution in [-0.4, -0.2) is 75.8 Å². The molecule has 0 radical (unpaired) electrons. The molecule has 1 fully saturated rings. The zero-order chi connectivity index (χ0) is 30.0. The molecule has 1 aliphatic rings. The quantitative estimate of drug-likeness (QED) is 0.291. The molecule has 14 heteroatoms. The Morgan fingerprint density at radius 1 is 0.976 bits per heavy atom. The molecule has 42 heavy (non-hydrogen) atoms. The summed E-state index contributed by atoms with van der Waals surface area (Å²) in [7, 11) is 3.71. The van der Waals surface area contributed by atoms with Crippen LogP contribution in [0, 0.1) is 13.8 Å². The number of hydrogen-bond acceptors (Lipinski definition) is 9. The van der Waals surface area contributed by atoms with E-state index in [-0.39, 0.29) is 11.3 Å². The van der Waals surface area contributed by atoms with Gasteiger partial charge in [0.15, 0.2) is 5.82 Å². The molecule has 4 aromatic rings. The second kappa shape index (κ2) is 11.6. The highest BCUT2D eigenvalue weighted by Gasteiger charge is 2.32. The number of piperazine rings is 1. The Kier molecular flexibility index (Phi) is 7.98. The second-order valence-electron chi connectivity index (χ2n) is 10.1. The maximum absolute atomic E-state index is 13.8. The van der Waals surface area contributed by atoms with E-state index in [4.69, 9.17) is 0 Å². The fourth-order valence-electron chi connectivity index (χ4n) is 4.57. The van der Waals surface area contributed by atoms with Crippen molar-refractivity contribution < 1.29 is 18.0 Å². The fraction of sp³-hybridized carbons (Fsp3) is 0.321. The van der Waals surface area contributed by atoms with Crippen LogP contribution in [0.4, 0.5) is 42.0 Å². The number of halogens is 3. The van der Waals surface area contributed by atoms with E-state index in [2.05, 4.69) is 40.9 Å². The van der Waals surface area contributed by atoms with Crippen molar-refractivity contribution >= 4 is 34.7 Å². The topological polar surface area (TPSA) is 116 Å². The molecule has 3 N–H and O–H groups in total. The lowest BCUT2D eigenvalue weighted by Gasteiger charge is -2.34. The van der Waals surface area contributed by atoms with Gasteiger partial charge in [0.05, 0.1) is 5.56 Å². The highest BCUT2D eigenvalue weighted by molar-refractivity contribution is 6.05. The Labute approximate surface area is 240 Å². The van der Waals surface area contributed by atoms with E-state index in [0.717, 1.165) is 30.8 Å². The van der Waals surface area contributed by atoms with E-state index in [1.54, 1.807) is 44.3 Å². The normalized spacial score (nSPS) is 14.1. The molecule has 220 valence electrons. The third-order valence-electron chi connectivity index (χ3n) is 6.96. The summed E-state index contributed by atoms with van der Waals surface area (Å²) < 4.78 is 42.8. The van der Waals surface area contributed by atoms with Gasteiger partial charge in [-0.15, -0.1) is 5.10 Å². The first-order chi connectivity index (χ1) is 20.0. The molecule has 0 unspecified atom stereocenters. The van der Waals surface area contributed by atoms with Crippen LogP contribution in [0.5, 0.6) is 0 Å². The average molecular weight is 581 g/mol. The number of alkyl halides is 3. The summed E-state index contributed by atoms with van der Waals surface area (Å²) in [5.74, 6) is 1.39. The molecule has 11 nitrogen and oxygen atoms in total. The SMILES string of the molecule is CNc1cc(-n2nc(C)nc2Nc2cc(C(=O)Nc3cc(N4CCN(C)CC4)cc(C(F)(F)F)c3)ccc2C)ncn1. The third kappa shape index (κ3) is 6.43. The Hall–Kier alpha value is -4.72. The number of aromatic nitrogens is 5. The highest BCUT2D eigenvalue weighted by atomic mass is 19.4. The number of aryl methyl sites for hydroxylation is 2. The van der Waals surface area contributed by atoms with Crippen LogP contribution in [-0.2, 0) is 6.18 Å². The molecule has 0 saturated carbocycles. The summed E-state index contributed by atoms with van der Waals surface area (Å²) in [6, 6.07) is 10.4. The predicted octanol–water partition coefficient (Wildman–Crippen LogP) is 4.48. The van der Waals surface area contributed by atoms with Gasteiger partial charge >= 0.3 is 6.18 Å². The number of carbonyl (C=O) groups excluding carboxylic acids is 1. The molecule has 1 amide bonds. The maximum atomic E-state index is 13.8. The van der Waals surface area contributed by atoms with Crippen LogP contribution < -0.4 is 20.9 Å². The number of carbonyl (C=O) groups is 1. The number of hydrogen-bond donors (Lipinski definition) is 3. The average Bonchev–Trinajstić information content (AvgIpc) is 3.33. The summed E-state index contributed by atoms with van der Waals surface area (Å²) in [6.45, 7) is 6.25. The van der Waals surface area contributed by atoms with E-state index < -0.39 is 17.6 Å². The molecule has 0 spiro atoms. The molecular formula is C28H31F3N10O. The van der Waals surface area contributed by atoms with E-state index >= 15 is 0 Å². The number of benzene rings is 2. The molecule has 3 heterocycles. The monoisotopic (exact) mass is 580 g/mol. The zero-order valence-corrected chi connectivity index (χ0v) is 23.6. The van der Waals surface area contributed by atoms with Gasteiger partial charge < -0.3 is 25.8 Å². The van der Waals surface area contributed by atoms with Gasteiger partial charge in [-0.3, -0.25) is 4.79 Å². The summed E-state index contributed by atoms with van der Waals surface area (Å²) in [6.07, 6.45) is -3.16. The van der Waals surface area contributed by atoms with Gasteiger partial charge in [0.2, 0.25) is 5.95 Å². The van der Waals surface area contributed by atoms with Crippen LogP contribution in [0.1, 0.15) is 27.3 Å². The summed E-state index contributed by atoms with van der Waals surface area (Å²) in [4.78, 5) is 30.2. The molecule has 5 rings (SSSR count). The van der Waals surface area contributed by atoms with E-state index in [9.17, 15) is 18.0 Å². The van der Waals surface area contributed by atoms with Gasteiger partial charge in [-0.2, -0.15) is 22.8 Å². The number of nitrogens with one attached hydrogen (secondary N) is 3. The highest BCUT2D eigenvalue weighted by Crippen LogP contribution is 2.35. The van der Waals surface area contributed by atoms with Gasteiger partial charge in [0, 0.05) is 61.9 Å². The van der Waals surface area contributed by atoms with E-state index in [1.807, 2.05) is 18.9 Å². The first-order valence-electron chi connectivity index (χ1n) is 13.3. The van der Waals surface area contributed by atoms with Crippen molar-refractivity contribution in [1.82, 2.24) is 29.6 Å². The second-order valence-corrected chi connectivity index (χ2v) is 10.1. The van der Waals surface area contributed by atoms with E-state index in [0.29, 0.717) is 47.9 Å². The number of rotatable bonds is 7. The minimum Gasteiger partial charge on any atom is -0.373 e. The molecule has 2 aromatic carbocycles. The lowest BCUT2D eigenvalue weighted by molar-refractivity contribution is -0.137. The molecule has 0 bridgehead atoms. The Morgan fingerprint density at radius 3 is 2.45 bits per heavy atom. The fourth-order valence-corrected chi connectivity index (χ4v) is 4.57. The first kappa shape index (κ1) is 28.8. The van der Waals surface area contributed by atoms with Crippen molar-refractivity contribution in [3.05, 3.63) is 71.3 Å². The van der Waals surface area contributed by atoms with Gasteiger partial charge in [-0.1, -0.05) is 6.07 Å². The Balaban J connectivity index is 1.41. The van der Waals surface area contributed by atoms with Crippen molar-refractivity contribution in [3.63, 3.8) is 0 Å². The Morgan fingerprint density at radius 2 is 1.74 bits per heavy atom. The van der Waals surface area contributed by atoms with Crippen LogP contribution in [0.15, 0.2) is 48.8 Å². The van der Waals surface area contributed by atoms with Crippen LogP contribution in [0.3, 0.4) is 0 Å². The van der Waals surface area contributed by atoms with Crippen LogP contribution >= 0.6 is 0 Å². The molecule has 1 aliphatic heterocycles. The summed E-state index contributed by atoms with van der Waals surface area (Å²) >= 11 is 0. The molecule has 0 aliphatic carbocycles. The first-order valence-corrected chi connectivity index (χ1v) is 13.3. The predicted molar refractivity (Wildman–Crippen MR) is 155 cm³/mol. The Bertz CT molecular complexity index is 1600. The van der Waals surface area contributed by atoms with E-state index in [1.165, 1.54) is 11.0 Å². The third-order valence-corrected chi connectivity index (χ3v) is 6.96. The molecule has 1 saturated heterocycles. The standard InChI is InChI=1S/C28H31F3N10O/c1-17-5-6-19(11-23(17)37-27-35-18(2)38-41(27)25-15-24(32-3)33-16-34-25)26(42)36-21-12-20(28(29,30)31)13-22(14-21)40-9-7-39(4)8-10-40/h5-6,11-16H,7-10H2,1-4H3,(H,36,42)(H,32,33,34)(H,35,37,38). The lowest BCUT2D eigenvalue weighted by atomic mass is 10.1. The summed E-state index contributed by atoms with van der Waals surface area (Å²) in [5, 5.41) is 13.2. The van der Waals surface area contributed by atoms with Gasteiger partial charge in [-0.05, 0) is 56.8 Å². The van der Waals surface area contributed by atoms with Gasteiger partial charge in [-0.25, -0.2) is 9.97 Å². The van der Waals surface area contributed by atoms with Crippen LogP contribution in [0.2, 0.25) is 0 Å². The number of amides is 1. The molecule has 2 aromatic heterocycles. The number of likely N-dealkylation sites (N-methyl/N-ethyl adjacent to an activating group) is 1. The minimum absolute atomic E-state index is 0.0679. The lowest BCUT2D eigenvalue weighted by Crippen LogP contribution is -2.44. The van der Waals surface area contributed by atoms with Crippen LogP contribution in [0.25, 0.3) is 5.82 Å². The van der Waals surface area contributed by atoms with Crippen molar-refractivity contribution in [1.29, 1.82) is 0 Å². The number of nitrogens with zero attached hydrogens (tertiary/aromatic N) is 7. The van der Waals surface area contributed by atoms with Crippen molar-refractivity contribution in [2.24, 2.45) is 0 Å². The van der Waals surface area contributed by atoms with Crippen molar-refractivity contribution in [3.8, 4) is 5.82 Å².